The predicted octanol–water partition coefficient (Wildman–Crippen LogP) is 9.50. The maximum absolute atomic E-state index is 13.0. The molecule has 4 heteroatoms. The van der Waals surface area contributed by atoms with E-state index < -0.39 is 11.4 Å². The molecule has 0 aliphatic heterocycles. The lowest BCUT2D eigenvalue weighted by Gasteiger charge is -2.71. The van der Waals surface area contributed by atoms with Gasteiger partial charge < -0.3 is 9.84 Å². The van der Waals surface area contributed by atoms with E-state index in [0.717, 1.165) is 69.8 Å². The van der Waals surface area contributed by atoms with Gasteiger partial charge in [-0.1, -0.05) is 90.4 Å². The molecular formula is C39H54O4. The summed E-state index contributed by atoms with van der Waals surface area (Å²) in [7, 11) is 0. The van der Waals surface area contributed by atoms with Crippen LogP contribution in [0.4, 0.5) is 0 Å². The molecule has 1 aromatic carbocycles. The summed E-state index contributed by atoms with van der Waals surface area (Å²) < 4.78 is 6.21. The molecule has 43 heavy (non-hydrogen) atoms. The summed E-state index contributed by atoms with van der Waals surface area (Å²) in [5.74, 6) is 0.342. The van der Waals surface area contributed by atoms with Crippen molar-refractivity contribution in [1.29, 1.82) is 0 Å². The number of allylic oxidation sites excluding steroid dienone is 2. The smallest absolute Gasteiger partial charge is 0.331 e. The predicted molar refractivity (Wildman–Crippen MR) is 172 cm³/mol. The van der Waals surface area contributed by atoms with Gasteiger partial charge in [0.15, 0.2) is 0 Å². The second kappa shape index (κ2) is 10.1. The van der Waals surface area contributed by atoms with Gasteiger partial charge in [0, 0.05) is 11.5 Å². The van der Waals surface area contributed by atoms with Gasteiger partial charge in [-0.3, -0.25) is 4.79 Å². The molecule has 4 nitrogen and oxygen atoms in total. The van der Waals surface area contributed by atoms with E-state index in [1.54, 1.807) is 6.08 Å². The van der Waals surface area contributed by atoms with E-state index >= 15 is 0 Å². The Labute approximate surface area is 259 Å². The zero-order valence-electron chi connectivity index (χ0n) is 27.7. The SMILES string of the molecule is CC1(C)CC[C@]2(C(=O)O)CC[C@]3(C)C(=CC[C@@H]4[C@@]5(C)CC[C@H](OC(=O)/C=C/c6ccccc6)C(C)(C)C5CC[C@]43C)[C@@H]2C1. The molecule has 0 aromatic heterocycles. The first-order chi connectivity index (χ1) is 20.1. The number of rotatable bonds is 4. The molecule has 0 spiro atoms. The number of benzene rings is 1. The fourth-order valence-corrected chi connectivity index (χ4v) is 11.7. The van der Waals surface area contributed by atoms with Crippen LogP contribution in [0.25, 0.3) is 6.08 Å². The fraction of sp³-hybridized carbons (Fsp3) is 0.692. The quantitative estimate of drug-likeness (QED) is 0.217. The number of carboxylic acid groups (broad SMARTS) is 1. The summed E-state index contributed by atoms with van der Waals surface area (Å²) in [5, 5.41) is 10.6. The standard InChI is InChI=1S/C39H54O4/c1-34(2)21-23-39(33(41)42)24-22-37(6)27(28(39)25-34)14-15-30-36(5)19-18-31(35(3,4)29(36)17-20-38(30,37)7)43-32(40)16-13-26-11-9-8-10-12-26/h8-14,16,28-31H,15,17-25H2,1-7H3,(H,41,42)/b16-13+/t28-,29?,30+,31-,36-,37+,38+,39-/m0/s1. The molecular weight excluding hydrogens is 532 g/mol. The van der Waals surface area contributed by atoms with Gasteiger partial charge in [0.1, 0.15) is 6.10 Å². The van der Waals surface area contributed by atoms with Crippen LogP contribution in [0.3, 0.4) is 0 Å². The highest BCUT2D eigenvalue weighted by atomic mass is 16.5. The normalized spacial score (nSPS) is 42.9. The van der Waals surface area contributed by atoms with Crippen molar-refractivity contribution in [2.75, 3.05) is 0 Å². The van der Waals surface area contributed by atoms with Crippen LogP contribution in [0.5, 0.6) is 0 Å². The fourth-order valence-electron chi connectivity index (χ4n) is 11.7. The van der Waals surface area contributed by atoms with Crippen molar-refractivity contribution in [3.63, 3.8) is 0 Å². The highest BCUT2D eigenvalue weighted by Crippen LogP contribution is 2.75. The molecule has 5 aliphatic carbocycles. The largest absolute Gasteiger partial charge is 0.481 e. The summed E-state index contributed by atoms with van der Waals surface area (Å²) in [5.41, 5.74) is 2.26. The van der Waals surface area contributed by atoms with Crippen molar-refractivity contribution >= 4 is 18.0 Å². The number of hydrogen-bond acceptors (Lipinski definition) is 3. The Morgan fingerprint density at radius 3 is 2.26 bits per heavy atom. The van der Waals surface area contributed by atoms with E-state index in [4.69, 9.17) is 4.74 Å². The summed E-state index contributed by atoms with van der Waals surface area (Å²) in [6, 6.07) is 9.91. The average Bonchev–Trinajstić information content (AvgIpc) is 2.94. The lowest BCUT2D eigenvalue weighted by atomic mass is 9.33. The third-order valence-corrected chi connectivity index (χ3v) is 14.5. The van der Waals surface area contributed by atoms with Crippen LogP contribution in [0.15, 0.2) is 48.1 Å². The van der Waals surface area contributed by atoms with Gasteiger partial charge in [-0.05, 0) is 115 Å². The highest BCUT2D eigenvalue weighted by Gasteiger charge is 2.69. The first-order valence-corrected chi connectivity index (χ1v) is 17.0. The molecule has 0 saturated heterocycles. The van der Waals surface area contributed by atoms with E-state index in [0.29, 0.717) is 11.8 Å². The van der Waals surface area contributed by atoms with Crippen LogP contribution in [0, 0.1) is 50.2 Å². The van der Waals surface area contributed by atoms with E-state index in [-0.39, 0.29) is 45.1 Å². The zero-order valence-corrected chi connectivity index (χ0v) is 27.7. The van der Waals surface area contributed by atoms with Gasteiger partial charge in [-0.25, -0.2) is 4.79 Å². The van der Waals surface area contributed by atoms with E-state index in [1.807, 2.05) is 36.4 Å². The van der Waals surface area contributed by atoms with Gasteiger partial charge >= 0.3 is 11.9 Å². The van der Waals surface area contributed by atoms with Crippen molar-refractivity contribution in [2.45, 2.75) is 119 Å². The third kappa shape index (κ3) is 4.51. The Kier molecular flexibility index (Phi) is 7.18. The molecule has 4 saturated carbocycles. The Bertz CT molecular complexity index is 1340. The van der Waals surface area contributed by atoms with Crippen molar-refractivity contribution in [1.82, 2.24) is 0 Å². The Balaban J connectivity index is 1.27. The van der Waals surface area contributed by atoms with E-state index in [1.165, 1.54) is 5.57 Å². The summed E-state index contributed by atoms with van der Waals surface area (Å²) in [4.78, 5) is 25.9. The van der Waals surface area contributed by atoms with Crippen LogP contribution in [0.1, 0.15) is 118 Å². The van der Waals surface area contributed by atoms with Gasteiger partial charge in [0.2, 0.25) is 0 Å². The summed E-state index contributed by atoms with van der Waals surface area (Å²) in [6.45, 7) is 17.0. The third-order valence-electron chi connectivity index (χ3n) is 14.5. The number of carboxylic acids is 1. The molecule has 0 heterocycles. The maximum Gasteiger partial charge on any atom is 0.331 e. The molecule has 5 aliphatic rings. The van der Waals surface area contributed by atoms with E-state index in [9.17, 15) is 14.7 Å². The first kappa shape index (κ1) is 30.7. The number of fused-ring (bicyclic) bond motifs is 7. The van der Waals surface area contributed by atoms with Gasteiger partial charge in [0.25, 0.3) is 0 Å². The monoisotopic (exact) mass is 586 g/mol. The van der Waals surface area contributed by atoms with Crippen LogP contribution < -0.4 is 0 Å². The van der Waals surface area contributed by atoms with Crippen LogP contribution in [-0.4, -0.2) is 23.1 Å². The zero-order chi connectivity index (χ0) is 31.1. The second-order valence-electron chi connectivity index (χ2n) is 17.2. The van der Waals surface area contributed by atoms with Gasteiger partial charge in [0.05, 0.1) is 5.41 Å². The molecule has 0 amide bonds. The minimum atomic E-state index is -0.593. The van der Waals surface area contributed by atoms with Crippen LogP contribution >= 0.6 is 0 Å². The molecule has 8 atom stereocenters. The number of carbonyl (C=O) groups is 2. The van der Waals surface area contributed by atoms with Crippen molar-refractivity contribution in [3.05, 3.63) is 53.6 Å². The van der Waals surface area contributed by atoms with Crippen LogP contribution in [0.2, 0.25) is 0 Å². The van der Waals surface area contributed by atoms with Crippen molar-refractivity contribution < 1.29 is 19.4 Å². The second-order valence-corrected chi connectivity index (χ2v) is 17.2. The topological polar surface area (TPSA) is 63.6 Å². The van der Waals surface area contributed by atoms with Crippen molar-refractivity contribution in [3.8, 4) is 0 Å². The number of aliphatic carboxylic acids is 1. The molecule has 6 rings (SSSR count). The van der Waals surface area contributed by atoms with Crippen molar-refractivity contribution in [2.24, 2.45) is 50.2 Å². The number of carbonyl (C=O) groups excluding carboxylic acids is 1. The molecule has 1 N–H and O–H groups in total. The Morgan fingerprint density at radius 1 is 0.860 bits per heavy atom. The lowest BCUT2D eigenvalue weighted by molar-refractivity contribution is -0.212. The minimum absolute atomic E-state index is 0.0244. The van der Waals surface area contributed by atoms with Gasteiger partial charge in [-0.15, -0.1) is 0 Å². The Morgan fingerprint density at radius 2 is 1.56 bits per heavy atom. The average molecular weight is 587 g/mol. The molecule has 1 unspecified atom stereocenters. The first-order valence-electron chi connectivity index (χ1n) is 17.0. The molecule has 0 radical (unpaired) electrons. The maximum atomic E-state index is 13.0. The van der Waals surface area contributed by atoms with Crippen LogP contribution in [-0.2, 0) is 14.3 Å². The lowest BCUT2D eigenvalue weighted by Crippen LogP contribution is -2.65. The number of hydrogen-bond donors (Lipinski definition) is 1. The number of esters is 1. The van der Waals surface area contributed by atoms with E-state index in [2.05, 4.69) is 54.5 Å². The molecule has 1 aromatic rings. The molecule has 4 fully saturated rings. The molecule has 0 bridgehead atoms. The highest BCUT2D eigenvalue weighted by molar-refractivity contribution is 5.87. The summed E-state index contributed by atoms with van der Waals surface area (Å²) in [6.07, 6.45) is 15.8. The van der Waals surface area contributed by atoms with Gasteiger partial charge in [-0.2, -0.15) is 0 Å². The minimum Gasteiger partial charge on any atom is -0.481 e. The molecule has 234 valence electrons. The summed E-state index contributed by atoms with van der Waals surface area (Å²) >= 11 is 0. The number of ether oxygens (including phenoxy) is 1. The Hall–Kier alpha value is -2.36.